The molecule has 0 saturated carbocycles. The molecule has 0 unspecified atom stereocenters. The molecule has 0 saturated heterocycles. The fourth-order valence-electron chi connectivity index (χ4n) is 3.94. The van der Waals surface area contributed by atoms with E-state index in [4.69, 9.17) is 0 Å². The van der Waals surface area contributed by atoms with Gasteiger partial charge in [0.15, 0.2) is 0 Å². The van der Waals surface area contributed by atoms with Gasteiger partial charge in [-0.15, -0.1) is 0 Å². The van der Waals surface area contributed by atoms with Crippen molar-refractivity contribution in [1.82, 2.24) is 0 Å². The number of aryl methyl sites for hydroxylation is 1. The topological polar surface area (TPSA) is 0 Å². The van der Waals surface area contributed by atoms with Gasteiger partial charge in [-0.25, -0.2) is 0 Å². The molecular formula is C35H24. The molecule has 0 amide bonds. The molecule has 0 spiro atoms. The third-order valence-corrected chi connectivity index (χ3v) is 5.76. The smallest absolute Gasteiger partial charge is 0.0249 e. The SMILES string of the molecule is Cc1cc(-c2ccc(C#Cc3ccccc3)cc2)cc(-c2ccc(C#Cc3ccccc3)cc2)c1. The summed E-state index contributed by atoms with van der Waals surface area (Å²) in [5, 5.41) is 0. The van der Waals surface area contributed by atoms with Gasteiger partial charge >= 0.3 is 0 Å². The van der Waals surface area contributed by atoms with Gasteiger partial charge in [-0.05, 0) is 89.3 Å². The lowest BCUT2D eigenvalue weighted by molar-refractivity contribution is 1.45. The van der Waals surface area contributed by atoms with Crippen molar-refractivity contribution in [3.8, 4) is 45.9 Å². The third-order valence-electron chi connectivity index (χ3n) is 5.76. The van der Waals surface area contributed by atoms with Crippen molar-refractivity contribution in [1.29, 1.82) is 0 Å². The van der Waals surface area contributed by atoms with Gasteiger partial charge in [-0.1, -0.05) is 96.5 Å². The Balaban J connectivity index is 1.36. The van der Waals surface area contributed by atoms with Crippen LogP contribution in [0.5, 0.6) is 0 Å². The van der Waals surface area contributed by atoms with Crippen LogP contribution in [0.4, 0.5) is 0 Å². The van der Waals surface area contributed by atoms with E-state index in [1.807, 2.05) is 60.7 Å². The summed E-state index contributed by atoms with van der Waals surface area (Å²) in [5.41, 5.74) is 10.1. The van der Waals surface area contributed by atoms with Gasteiger partial charge in [0.05, 0.1) is 0 Å². The summed E-state index contributed by atoms with van der Waals surface area (Å²) in [6, 6.07) is 43.8. The average Bonchev–Trinajstić information content (AvgIpc) is 2.92. The van der Waals surface area contributed by atoms with Gasteiger partial charge in [0.25, 0.3) is 0 Å². The molecule has 0 fully saturated rings. The molecule has 5 aromatic rings. The maximum absolute atomic E-state index is 3.25. The molecule has 5 aromatic carbocycles. The largest absolute Gasteiger partial charge is 0.0622 e. The zero-order valence-electron chi connectivity index (χ0n) is 19.6. The summed E-state index contributed by atoms with van der Waals surface area (Å²) >= 11 is 0. The minimum atomic E-state index is 1.01. The van der Waals surface area contributed by atoms with Crippen molar-refractivity contribution in [2.75, 3.05) is 0 Å². The van der Waals surface area contributed by atoms with Crippen molar-refractivity contribution in [2.24, 2.45) is 0 Å². The van der Waals surface area contributed by atoms with Gasteiger partial charge in [-0.3, -0.25) is 0 Å². The summed E-state index contributed by atoms with van der Waals surface area (Å²) in [6.45, 7) is 2.15. The molecule has 0 aliphatic carbocycles. The van der Waals surface area contributed by atoms with Crippen LogP contribution in [0, 0.1) is 30.6 Å². The first kappa shape index (κ1) is 22.0. The van der Waals surface area contributed by atoms with E-state index in [1.165, 1.54) is 27.8 Å². The standard InChI is InChI=1S/C35H24/c1-27-24-34(32-20-16-30(17-21-32)14-12-28-8-4-2-5-9-28)26-35(25-27)33-22-18-31(19-23-33)15-13-29-10-6-3-7-11-29/h2-11,16-26H,1H3. The van der Waals surface area contributed by atoms with Crippen LogP contribution < -0.4 is 0 Å². The minimum Gasteiger partial charge on any atom is -0.0622 e. The van der Waals surface area contributed by atoms with E-state index >= 15 is 0 Å². The van der Waals surface area contributed by atoms with Crippen LogP contribution in [-0.4, -0.2) is 0 Å². The van der Waals surface area contributed by atoms with Gasteiger partial charge < -0.3 is 0 Å². The highest BCUT2D eigenvalue weighted by Gasteiger charge is 2.04. The van der Waals surface area contributed by atoms with E-state index < -0.39 is 0 Å². The summed E-state index contributed by atoms with van der Waals surface area (Å²) in [7, 11) is 0. The van der Waals surface area contributed by atoms with Crippen LogP contribution in [-0.2, 0) is 0 Å². The first-order valence-electron chi connectivity index (χ1n) is 11.7. The van der Waals surface area contributed by atoms with E-state index in [2.05, 4.69) is 97.3 Å². The Labute approximate surface area is 207 Å². The zero-order chi connectivity index (χ0) is 23.9. The molecule has 0 aliphatic heterocycles. The van der Waals surface area contributed by atoms with Crippen molar-refractivity contribution < 1.29 is 0 Å². The molecule has 0 atom stereocenters. The maximum Gasteiger partial charge on any atom is 0.0249 e. The molecule has 0 N–H and O–H groups in total. The Morgan fingerprint density at radius 1 is 0.343 bits per heavy atom. The quantitative estimate of drug-likeness (QED) is 0.241. The summed E-state index contributed by atoms with van der Waals surface area (Å²) < 4.78 is 0. The first-order chi connectivity index (χ1) is 17.2. The molecule has 0 aliphatic rings. The lowest BCUT2D eigenvalue weighted by Crippen LogP contribution is -1.86. The van der Waals surface area contributed by atoms with Crippen LogP contribution in [0.3, 0.4) is 0 Å². The predicted octanol–water partition coefficient (Wildman–Crippen LogP) is 8.13. The third kappa shape index (κ3) is 5.78. The fourth-order valence-corrected chi connectivity index (χ4v) is 3.94. The van der Waals surface area contributed by atoms with Gasteiger partial charge in [0, 0.05) is 22.3 Å². The Morgan fingerprint density at radius 2 is 0.686 bits per heavy atom. The molecule has 0 nitrogen and oxygen atoms in total. The predicted molar refractivity (Wildman–Crippen MR) is 147 cm³/mol. The van der Waals surface area contributed by atoms with Crippen molar-refractivity contribution in [3.05, 3.63) is 155 Å². The van der Waals surface area contributed by atoms with Crippen LogP contribution in [0.25, 0.3) is 22.3 Å². The van der Waals surface area contributed by atoms with Crippen molar-refractivity contribution >= 4 is 0 Å². The normalized spacial score (nSPS) is 9.97. The number of rotatable bonds is 2. The summed E-state index contributed by atoms with van der Waals surface area (Å²) in [6.07, 6.45) is 0. The second kappa shape index (κ2) is 10.4. The van der Waals surface area contributed by atoms with E-state index in [0.717, 1.165) is 22.3 Å². The van der Waals surface area contributed by atoms with Crippen molar-refractivity contribution in [2.45, 2.75) is 6.92 Å². The van der Waals surface area contributed by atoms with Crippen molar-refractivity contribution in [3.63, 3.8) is 0 Å². The van der Waals surface area contributed by atoms with Crippen LogP contribution in [0.1, 0.15) is 27.8 Å². The van der Waals surface area contributed by atoms with Crippen LogP contribution in [0.15, 0.2) is 127 Å². The molecule has 5 rings (SSSR count). The molecule has 0 aromatic heterocycles. The number of benzene rings is 5. The Morgan fingerprint density at radius 3 is 1.06 bits per heavy atom. The fraction of sp³-hybridized carbons (Fsp3) is 0.0286. The lowest BCUT2D eigenvalue weighted by atomic mass is 9.95. The van der Waals surface area contributed by atoms with Gasteiger partial charge in [0.2, 0.25) is 0 Å². The summed E-state index contributed by atoms with van der Waals surface area (Å²) in [5.74, 6) is 13.0. The maximum atomic E-state index is 3.25. The van der Waals surface area contributed by atoms with E-state index in [-0.39, 0.29) is 0 Å². The number of hydrogen-bond acceptors (Lipinski definition) is 0. The second-order valence-electron chi connectivity index (χ2n) is 8.47. The molecule has 0 heterocycles. The summed E-state index contributed by atoms with van der Waals surface area (Å²) in [4.78, 5) is 0. The molecule has 35 heavy (non-hydrogen) atoms. The number of hydrogen-bond donors (Lipinski definition) is 0. The lowest BCUT2D eigenvalue weighted by Gasteiger charge is -2.09. The highest BCUT2D eigenvalue weighted by atomic mass is 14.1. The van der Waals surface area contributed by atoms with Gasteiger partial charge in [0.1, 0.15) is 0 Å². The minimum absolute atomic E-state index is 1.01. The Kier molecular flexibility index (Phi) is 6.57. The highest BCUT2D eigenvalue weighted by Crippen LogP contribution is 2.28. The molecular weight excluding hydrogens is 420 g/mol. The van der Waals surface area contributed by atoms with E-state index in [1.54, 1.807) is 0 Å². The first-order valence-corrected chi connectivity index (χ1v) is 11.7. The zero-order valence-corrected chi connectivity index (χ0v) is 19.6. The average molecular weight is 445 g/mol. The highest BCUT2D eigenvalue weighted by molar-refractivity contribution is 5.75. The van der Waals surface area contributed by atoms with Gasteiger partial charge in [-0.2, -0.15) is 0 Å². The van der Waals surface area contributed by atoms with Crippen LogP contribution >= 0.6 is 0 Å². The molecule has 0 heteroatoms. The van der Waals surface area contributed by atoms with E-state index in [9.17, 15) is 0 Å². The molecule has 0 radical (unpaired) electrons. The molecule has 0 bridgehead atoms. The molecule has 164 valence electrons. The monoisotopic (exact) mass is 444 g/mol. The Hall–Kier alpha value is -4.78. The van der Waals surface area contributed by atoms with Crippen LogP contribution in [0.2, 0.25) is 0 Å². The van der Waals surface area contributed by atoms with E-state index in [0.29, 0.717) is 0 Å². The Bertz CT molecular complexity index is 1430. The second-order valence-corrected chi connectivity index (χ2v) is 8.47.